The van der Waals surface area contributed by atoms with Crippen LogP contribution in [-0.2, 0) is 14.8 Å². The number of rotatable bonds is 3. The number of hydrogen-bond donors (Lipinski definition) is 1. The third kappa shape index (κ3) is 2.43. The van der Waals surface area contributed by atoms with Crippen molar-refractivity contribution in [3.8, 4) is 0 Å². The lowest BCUT2D eigenvalue weighted by molar-refractivity contribution is -0.138. The third-order valence-corrected chi connectivity index (χ3v) is 6.42. The van der Waals surface area contributed by atoms with Crippen LogP contribution in [0.4, 0.5) is 5.69 Å². The van der Waals surface area contributed by atoms with E-state index in [2.05, 4.69) is 4.98 Å². The first-order chi connectivity index (χ1) is 12.4. The smallest absolute Gasteiger partial charge is 0.312 e. The predicted molar refractivity (Wildman–Crippen MR) is 97.8 cm³/mol. The number of para-hydroxylation sites is 2. The van der Waals surface area contributed by atoms with Gasteiger partial charge in [-0.05, 0) is 36.2 Å². The van der Waals surface area contributed by atoms with Crippen LogP contribution in [0.1, 0.15) is 17.0 Å². The molecule has 1 N–H and O–H groups in total. The Morgan fingerprint density at radius 3 is 2.73 bits per heavy atom. The minimum Gasteiger partial charge on any atom is -0.481 e. The molecule has 0 spiro atoms. The van der Waals surface area contributed by atoms with E-state index in [9.17, 15) is 18.3 Å². The Bertz CT molecular complexity index is 1140. The average Bonchev–Trinajstić information content (AvgIpc) is 3.01. The van der Waals surface area contributed by atoms with Crippen LogP contribution in [0.5, 0.6) is 0 Å². The van der Waals surface area contributed by atoms with Gasteiger partial charge in [-0.15, -0.1) is 0 Å². The Hall–Kier alpha value is -2.93. The first kappa shape index (κ1) is 16.5. The number of aliphatic carboxylic acids is 1. The van der Waals surface area contributed by atoms with Gasteiger partial charge in [0.2, 0.25) is 0 Å². The van der Waals surface area contributed by atoms with Crippen molar-refractivity contribution < 1.29 is 18.3 Å². The predicted octanol–water partition coefficient (Wildman–Crippen LogP) is 2.92. The number of benzene rings is 2. The van der Waals surface area contributed by atoms with E-state index in [0.717, 1.165) is 10.9 Å². The molecule has 0 saturated carbocycles. The second kappa shape index (κ2) is 5.81. The highest BCUT2D eigenvalue weighted by atomic mass is 32.2. The molecule has 0 radical (unpaired) electrons. The van der Waals surface area contributed by atoms with Gasteiger partial charge in [-0.1, -0.05) is 30.3 Å². The van der Waals surface area contributed by atoms with Gasteiger partial charge >= 0.3 is 5.97 Å². The molecule has 0 bridgehead atoms. The lowest BCUT2D eigenvalue weighted by Crippen LogP contribution is -2.31. The molecule has 1 atom stereocenters. The molecule has 2 aromatic carbocycles. The molecule has 1 aromatic heterocycles. The van der Waals surface area contributed by atoms with Crippen molar-refractivity contribution in [2.24, 2.45) is 0 Å². The number of aryl methyl sites for hydroxylation is 1. The highest BCUT2D eigenvalue weighted by Crippen LogP contribution is 2.40. The minimum atomic E-state index is -3.95. The van der Waals surface area contributed by atoms with E-state index in [4.69, 9.17) is 0 Å². The van der Waals surface area contributed by atoms with Crippen LogP contribution in [0.25, 0.3) is 10.9 Å². The molecule has 26 heavy (non-hydrogen) atoms. The van der Waals surface area contributed by atoms with E-state index in [1.807, 2.05) is 19.1 Å². The average molecular weight is 368 g/mol. The summed E-state index contributed by atoms with van der Waals surface area (Å²) in [5.74, 6) is -1.92. The molecular formula is C19H16N2O4S. The van der Waals surface area contributed by atoms with Crippen LogP contribution in [0.3, 0.4) is 0 Å². The first-order valence-corrected chi connectivity index (χ1v) is 9.53. The first-order valence-electron chi connectivity index (χ1n) is 8.09. The molecule has 0 saturated heterocycles. The van der Waals surface area contributed by atoms with Gasteiger partial charge in [-0.3, -0.25) is 14.1 Å². The zero-order chi connectivity index (χ0) is 18.5. The zero-order valence-corrected chi connectivity index (χ0v) is 14.8. The Labute approximate surface area is 150 Å². The van der Waals surface area contributed by atoms with Gasteiger partial charge in [0.25, 0.3) is 10.0 Å². The summed E-state index contributed by atoms with van der Waals surface area (Å²) in [6.45, 7) is 1.76. The Balaban J connectivity index is 1.90. The number of aromatic nitrogens is 1. The number of sulfonamides is 1. The van der Waals surface area contributed by atoms with Gasteiger partial charge in [0, 0.05) is 11.6 Å². The van der Waals surface area contributed by atoms with Crippen LogP contribution in [0, 0.1) is 6.92 Å². The Morgan fingerprint density at radius 1 is 1.19 bits per heavy atom. The van der Waals surface area contributed by atoms with Crippen LogP contribution < -0.4 is 4.31 Å². The van der Waals surface area contributed by atoms with Crippen molar-refractivity contribution >= 4 is 32.6 Å². The zero-order valence-electron chi connectivity index (χ0n) is 14.0. The van der Waals surface area contributed by atoms with E-state index in [1.165, 1.54) is 10.4 Å². The molecule has 7 heteroatoms. The maximum atomic E-state index is 13.4. The molecule has 3 aromatic rings. The van der Waals surface area contributed by atoms with Crippen LogP contribution in [0.2, 0.25) is 0 Å². The van der Waals surface area contributed by atoms with E-state index < -0.39 is 21.9 Å². The second-order valence-electron chi connectivity index (χ2n) is 6.33. The molecule has 0 amide bonds. The van der Waals surface area contributed by atoms with Crippen LogP contribution in [-0.4, -0.2) is 31.0 Å². The largest absolute Gasteiger partial charge is 0.481 e. The topological polar surface area (TPSA) is 87.6 Å². The molecule has 4 rings (SSSR count). The number of carbonyl (C=O) groups is 1. The quantitative estimate of drug-likeness (QED) is 0.768. The Morgan fingerprint density at radius 2 is 1.96 bits per heavy atom. The van der Waals surface area contributed by atoms with E-state index in [1.54, 1.807) is 36.5 Å². The molecule has 1 aliphatic rings. The molecule has 6 nitrogen and oxygen atoms in total. The molecule has 1 aliphatic heterocycles. The molecule has 0 fully saturated rings. The SMILES string of the molecule is Cc1cnc2c(S(=O)(=O)N3CC(C(=O)O)c4ccccc43)cccc2c1. The van der Waals surface area contributed by atoms with Crippen molar-refractivity contribution in [1.82, 2.24) is 4.98 Å². The van der Waals surface area contributed by atoms with Gasteiger partial charge in [-0.2, -0.15) is 0 Å². The van der Waals surface area contributed by atoms with E-state index >= 15 is 0 Å². The molecule has 132 valence electrons. The van der Waals surface area contributed by atoms with Gasteiger partial charge in [0.05, 0.1) is 17.7 Å². The number of hydrogen-bond acceptors (Lipinski definition) is 4. The fourth-order valence-electron chi connectivity index (χ4n) is 3.38. The summed E-state index contributed by atoms with van der Waals surface area (Å²) < 4.78 is 27.9. The summed E-state index contributed by atoms with van der Waals surface area (Å²) in [5.41, 5.74) is 2.23. The number of anilines is 1. The minimum absolute atomic E-state index is 0.0795. The van der Waals surface area contributed by atoms with Gasteiger partial charge in [0.15, 0.2) is 0 Å². The number of fused-ring (bicyclic) bond motifs is 2. The monoisotopic (exact) mass is 368 g/mol. The molecule has 0 aliphatic carbocycles. The van der Waals surface area contributed by atoms with Crippen molar-refractivity contribution in [2.45, 2.75) is 17.7 Å². The fraction of sp³-hybridized carbons (Fsp3) is 0.158. The lowest BCUT2D eigenvalue weighted by Gasteiger charge is -2.20. The highest BCUT2D eigenvalue weighted by Gasteiger charge is 2.40. The molecular weight excluding hydrogens is 352 g/mol. The maximum absolute atomic E-state index is 13.4. The summed E-state index contributed by atoms with van der Waals surface area (Å²) in [6.07, 6.45) is 1.62. The van der Waals surface area contributed by atoms with Crippen molar-refractivity contribution in [3.05, 3.63) is 65.9 Å². The molecule has 1 unspecified atom stereocenters. The van der Waals surface area contributed by atoms with Crippen LogP contribution in [0.15, 0.2) is 59.6 Å². The third-order valence-electron chi connectivity index (χ3n) is 4.61. The Kier molecular flexibility index (Phi) is 3.69. The van der Waals surface area contributed by atoms with Gasteiger partial charge < -0.3 is 5.11 Å². The summed E-state index contributed by atoms with van der Waals surface area (Å²) in [7, 11) is -3.95. The number of nitrogens with zero attached hydrogens (tertiary/aromatic N) is 2. The number of pyridine rings is 1. The summed E-state index contributed by atoms with van der Waals surface area (Å²) in [5, 5.41) is 10.2. The van der Waals surface area contributed by atoms with E-state index in [-0.39, 0.29) is 11.4 Å². The van der Waals surface area contributed by atoms with Gasteiger partial charge in [0.1, 0.15) is 10.8 Å². The second-order valence-corrected chi connectivity index (χ2v) is 8.16. The van der Waals surface area contributed by atoms with Gasteiger partial charge in [-0.25, -0.2) is 8.42 Å². The van der Waals surface area contributed by atoms with Crippen molar-refractivity contribution in [3.63, 3.8) is 0 Å². The molecule has 2 heterocycles. The van der Waals surface area contributed by atoms with Crippen LogP contribution >= 0.6 is 0 Å². The fourth-order valence-corrected chi connectivity index (χ4v) is 5.05. The standard InChI is InChI=1S/C19H16N2O4S/c1-12-9-13-5-4-8-17(18(13)20-10-12)26(24,25)21-11-15(19(22)23)14-6-2-3-7-16(14)21/h2-10,15H,11H2,1H3,(H,22,23). The normalized spacial score (nSPS) is 16.7. The maximum Gasteiger partial charge on any atom is 0.312 e. The van der Waals surface area contributed by atoms with Crippen molar-refractivity contribution in [1.29, 1.82) is 0 Å². The summed E-state index contributed by atoms with van der Waals surface area (Å²) >= 11 is 0. The van der Waals surface area contributed by atoms with Crippen molar-refractivity contribution in [2.75, 3.05) is 10.8 Å². The number of carboxylic acid groups (broad SMARTS) is 1. The summed E-state index contributed by atoms with van der Waals surface area (Å²) in [6, 6.07) is 13.6. The lowest BCUT2D eigenvalue weighted by atomic mass is 10.0. The van der Waals surface area contributed by atoms with E-state index in [0.29, 0.717) is 16.8 Å². The number of carboxylic acids is 1. The highest BCUT2D eigenvalue weighted by molar-refractivity contribution is 7.93. The summed E-state index contributed by atoms with van der Waals surface area (Å²) in [4.78, 5) is 16.0.